The van der Waals surface area contributed by atoms with E-state index in [9.17, 15) is 28.4 Å². The van der Waals surface area contributed by atoms with Gasteiger partial charge in [0.15, 0.2) is 5.82 Å². The Hall–Kier alpha value is -4.80. The van der Waals surface area contributed by atoms with E-state index in [-0.39, 0.29) is 71.8 Å². The molecule has 1 aromatic heterocycles. The molecule has 1 spiro atoms. The summed E-state index contributed by atoms with van der Waals surface area (Å²) in [7, 11) is 0. The van der Waals surface area contributed by atoms with Gasteiger partial charge in [0, 0.05) is 49.6 Å². The number of aromatic nitrogens is 2. The summed E-state index contributed by atoms with van der Waals surface area (Å²) in [5.41, 5.74) is -4.59. The number of rotatable bonds is 6. The van der Waals surface area contributed by atoms with Crippen LogP contribution in [0.25, 0.3) is 32.8 Å². The average Bonchev–Trinajstić information content (AvgIpc) is 3.27. The Morgan fingerprint density at radius 2 is 1.96 bits per heavy atom. The van der Waals surface area contributed by atoms with Crippen LogP contribution in [-0.4, -0.2) is 74.7 Å². The molecule has 3 aliphatic heterocycles. The summed E-state index contributed by atoms with van der Waals surface area (Å²) in [5.74, 6) is -2.15. The summed E-state index contributed by atoms with van der Waals surface area (Å²) in [4.78, 5) is 24.6. The highest BCUT2D eigenvalue weighted by atomic mass is 19.3. The Morgan fingerprint density at radius 3 is 2.67 bits per heavy atom. The standard InChI is InChI=1S/C36H31F4N5O4/c1-3-22-25(37)10-9-21-7-4-8-23(27(21)22)28-26(45(47)48)15-24-30(29(28)38)41-32(42-31(24)43-13-5-11-33(2,46)18-43)49-20-35-12-6-14-44(35)19-34(16-35)17-36(34,39)40/h1,4,6-10,12,15,46H,5,11,13-14,16-20H2,2H3. The molecule has 1 N–H and O–H groups in total. The number of benzene rings is 3. The van der Waals surface area contributed by atoms with Crippen molar-refractivity contribution in [3.63, 3.8) is 0 Å². The topological polar surface area (TPSA) is 105 Å². The summed E-state index contributed by atoms with van der Waals surface area (Å²) in [6.07, 6.45) is 10.5. The van der Waals surface area contributed by atoms with Gasteiger partial charge in [-0.05, 0) is 37.6 Å². The maximum atomic E-state index is 17.1. The molecule has 2 saturated heterocycles. The molecule has 0 bridgehead atoms. The zero-order valence-corrected chi connectivity index (χ0v) is 26.5. The van der Waals surface area contributed by atoms with Gasteiger partial charge in [0.1, 0.15) is 23.8 Å². The minimum atomic E-state index is -2.76. The number of nitrogens with zero attached hydrogens (tertiary/aromatic N) is 5. The number of hydrogen-bond donors (Lipinski definition) is 1. The number of nitro groups is 1. The molecule has 3 atom stereocenters. The zero-order chi connectivity index (χ0) is 34.5. The van der Waals surface area contributed by atoms with Crippen molar-refractivity contribution >= 4 is 33.2 Å². The number of aliphatic hydroxyl groups is 1. The first-order valence-corrected chi connectivity index (χ1v) is 16.0. The number of nitro benzene ring substituents is 1. The Morgan fingerprint density at radius 1 is 1.16 bits per heavy atom. The van der Waals surface area contributed by atoms with Gasteiger partial charge in [0.25, 0.3) is 11.6 Å². The van der Waals surface area contributed by atoms with Crippen LogP contribution in [0.4, 0.5) is 29.1 Å². The van der Waals surface area contributed by atoms with E-state index in [0.717, 1.165) is 0 Å². The lowest BCUT2D eigenvalue weighted by atomic mass is 9.91. The van der Waals surface area contributed by atoms with E-state index in [4.69, 9.17) is 11.2 Å². The lowest BCUT2D eigenvalue weighted by Crippen LogP contribution is -2.46. The van der Waals surface area contributed by atoms with Gasteiger partial charge in [-0.3, -0.25) is 15.0 Å². The Labute approximate surface area is 278 Å². The van der Waals surface area contributed by atoms with Gasteiger partial charge in [-0.25, -0.2) is 17.6 Å². The largest absolute Gasteiger partial charge is 0.461 e. The average molecular weight is 674 g/mol. The Balaban J connectivity index is 1.31. The summed E-state index contributed by atoms with van der Waals surface area (Å²) in [6, 6.07) is 8.21. The molecule has 9 nitrogen and oxygen atoms in total. The van der Waals surface area contributed by atoms with Crippen LogP contribution in [0.15, 0.2) is 48.6 Å². The van der Waals surface area contributed by atoms with Crippen LogP contribution < -0.4 is 9.64 Å². The van der Waals surface area contributed by atoms with Crippen molar-refractivity contribution in [1.29, 1.82) is 0 Å². The number of anilines is 1. The van der Waals surface area contributed by atoms with Crippen LogP contribution in [0.2, 0.25) is 0 Å². The van der Waals surface area contributed by atoms with Crippen molar-refractivity contribution in [2.45, 2.75) is 49.7 Å². The zero-order valence-electron chi connectivity index (χ0n) is 26.5. The van der Waals surface area contributed by atoms with Crippen LogP contribution in [0.3, 0.4) is 0 Å². The molecule has 252 valence electrons. The lowest BCUT2D eigenvalue weighted by molar-refractivity contribution is -0.384. The highest BCUT2D eigenvalue weighted by Gasteiger charge is 2.76. The van der Waals surface area contributed by atoms with Crippen LogP contribution in [0.1, 0.15) is 38.2 Å². The molecule has 4 heterocycles. The van der Waals surface area contributed by atoms with Crippen LogP contribution in [-0.2, 0) is 0 Å². The smallest absolute Gasteiger partial charge is 0.319 e. The first kappa shape index (κ1) is 31.5. The molecule has 0 radical (unpaired) electrons. The molecule has 4 aromatic rings. The molecule has 3 aromatic carbocycles. The fourth-order valence-corrected chi connectivity index (χ4v) is 8.20. The molecule has 0 amide bonds. The summed E-state index contributed by atoms with van der Waals surface area (Å²) in [5, 5.41) is 24.1. The number of β-amino-alcohol motifs (C(OH)–C–C–N with tert-alkyl or cyclic N) is 1. The fraction of sp³-hybridized carbons (Fsp3) is 0.389. The summed E-state index contributed by atoms with van der Waals surface area (Å²) in [6.45, 7) is 2.79. The van der Waals surface area contributed by atoms with Gasteiger partial charge in [0.2, 0.25) is 0 Å². The molecule has 49 heavy (non-hydrogen) atoms. The molecular weight excluding hydrogens is 642 g/mol. The van der Waals surface area contributed by atoms with E-state index in [1.54, 1.807) is 24.0 Å². The van der Waals surface area contributed by atoms with Gasteiger partial charge < -0.3 is 14.7 Å². The fourth-order valence-electron chi connectivity index (χ4n) is 8.20. The van der Waals surface area contributed by atoms with Crippen molar-refractivity contribution in [3.05, 3.63) is 75.9 Å². The second-order valence-corrected chi connectivity index (χ2v) is 14.1. The molecular formula is C36H31F4N5O4. The van der Waals surface area contributed by atoms with Gasteiger partial charge >= 0.3 is 6.01 Å². The van der Waals surface area contributed by atoms with Gasteiger partial charge in [-0.15, -0.1) is 6.42 Å². The van der Waals surface area contributed by atoms with E-state index in [1.165, 1.54) is 24.3 Å². The summed E-state index contributed by atoms with van der Waals surface area (Å²) < 4.78 is 67.1. The van der Waals surface area contributed by atoms with E-state index >= 15 is 4.39 Å². The number of ether oxygens (including phenoxy) is 1. The third-order valence-electron chi connectivity index (χ3n) is 10.6. The Kier molecular flexibility index (Phi) is 6.81. The molecule has 1 aliphatic carbocycles. The molecule has 4 aliphatic rings. The molecule has 8 rings (SSSR count). The van der Waals surface area contributed by atoms with E-state index in [2.05, 4.69) is 15.9 Å². The third-order valence-corrected chi connectivity index (χ3v) is 10.6. The minimum Gasteiger partial charge on any atom is -0.461 e. The molecule has 3 unspecified atom stereocenters. The summed E-state index contributed by atoms with van der Waals surface area (Å²) >= 11 is 0. The first-order chi connectivity index (χ1) is 23.3. The predicted molar refractivity (Wildman–Crippen MR) is 175 cm³/mol. The van der Waals surface area contributed by atoms with Crippen molar-refractivity contribution in [1.82, 2.24) is 14.9 Å². The van der Waals surface area contributed by atoms with Crippen molar-refractivity contribution in [2.75, 3.05) is 37.7 Å². The second kappa shape index (κ2) is 10.6. The predicted octanol–water partition coefficient (Wildman–Crippen LogP) is 6.39. The first-order valence-electron chi connectivity index (χ1n) is 16.0. The third kappa shape index (κ3) is 4.83. The molecule has 1 saturated carbocycles. The van der Waals surface area contributed by atoms with Gasteiger partial charge in [0.05, 0.1) is 38.0 Å². The van der Waals surface area contributed by atoms with E-state index in [0.29, 0.717) is 31.3 Å². The number of hydrogen-bond acceptors (Lipinski definition) is 8. The van der Waals surface area contributed by atoms with Crippen molar-refractivity contribution in [3.8, 4) is 29.5 Å². The quantitative estimate of drug-likeness (QED) is 0.0826. The monoisotopic (exact) mass is 673 g/mol. The molecule has 3 fully saturated rings. The minimum absolute atomic E-state index is 0.00632. The number of halogens is 4. The molecule has 13 heteroatoms. The SMILES string of the molecule is C#Cc1c(F)ccc2cccc(-c3c([N+](=O)[O-])cc4c(N5CCCC(C)(O)C5)nc(OCC56C=CCN5CC5(C6)CC5(F)F)nc4c3F)c12. The number of piperidine rings is 1. The van der Waals surface area contributed by atoms with Crippen LogP contribution in [0.5, 0.6) is 6.01 Å². The van der Waals surface area contributed by atoms with Crippen molar-refractivity contribution in [2.24, 2.45) is 5.41 Å². The highest BCUT2D eigenvalue weighted by molar-refractivity contribution is 6.06. The normalized spacial score (nSPS) is 27.2. The van der Waals surface area contributed by atoms with Crippen molar-refractivity contribution < 1.29 is 32.3 Å². The van der Waals surface area contributed by atoms with Gasteiger partial charge in [-0.1, -0.05) is 42.3 Å². The van der Waals surface area contributed by atoms with E-state index < -0.39 is 50.3 Å². The number of alkyl halides is 2. The van der Waals surface area contributed by atoms with Crippen LogP contribution >= 0.6 is 0 Å². The highest BCUT2D eigenvalue weighted by Crippen LogP contribution is 2.68. The maximum Gasteiger partial charge on any atom is 0.319 e. The maximum absolute atomic E-state index is 17.1. The number of terminal acetylenes is 1. The van der Waals surface area contributed by atoms with Gasteiger partial charge in [-0.2, -0.15) is 9.97 Å². The van der Waals surface area contributed by atoms with Crippen LogP contribution in [0, 0.1) is 39.5 Å². The van der Waals surface area contributed by atoms with E-state index in [1.807, 2.05) is 17.1 Å². The number of fused-ring (bicyclic) bond motifs is 3. The second-order valence-electron chi connectivity index (χ2n) is 14.1. The Bertz CT molecular complexity index is 2170. The lowest BCUT2D eigenvalue weighted by Gasteiger charge is -2.38.